The molecule has 0 radical (unpaired) electrons. The largest absolute Gasteiger partial charge is 0.395 e. The number of hydrogen-bond donors (Lipinski definition) is 2. The SMILES string of the molecule is CCNC1CCC(C)(C)CC1CN(CCO)C1CCC1. The van der Waals surface area contributed by atoms with E-state index in [4.69, 9.17) is 0 Å². The van der Waals surface area contributed by atoms with Crippen molar-refractivity contribution >= 4 is 0 Å². The lowest BCUT2D eigenvalue weighted by atomic mass is 9.69. The molecular weight excluding hydrogens is 248 g/mol. The fourth-order valence-corrected chi connectivity index (χ4v) is 4.06. The van der Waals surface area contributed by atoms with E-state index in [0.29, 0.717) is 18.1 Å². The minimum Gasteiger partial charge on any atom is -0.395 e. The fourth-order valence-electron chi connectivity index (χ4n) is 4.06. The maximum atomic E-state index is 9.35. The zero-order chi connectivity index (χ0) is 14.6. The van der Waals surface area contributed by atoms with Gasteiger partial charge in [-0.25, -0.2) is 0 Å². The average molecular weight is 282 g/mol. The van der Waals surface area contributed by atoms with Crippen molar-refractivity contribution in [3.8, 4) is 0 Å². The van der Waals surface area contributed by atoms with Crippen LogP contribution in [0.5, 0.6) is 0 Å². The number of rotatable bonds is 7. The van der Waals surface area contributed by atoms with Crippen molar-refractivity contribution in [2.24, 2.45) is 11.3 Å². The number of nitrogens with one attached hydrogen (secondary N) is 1. The Morgan fingerprint density at radius 3 is 2.55 bits per heavy atom. The van der Waals surface area contributed by atoms with Gasteiger partial charge < -0.3 is 10.4 Å². The Kier molecular flexibility index (Phi) is 5.88. The topological polar surface area (TPSA) is 35.5 Å². The molecule has 118 valence electrons. The van der Waals surface area contributed by atoms with Crippen LogP contribution in [0.25, 0.3) is 0 Å². The van der Waals surface area contributed by atoms with Crippen molar-refractivity contribution in [2.45, 2.75) is 71.4 Å². The van der Waals surface area contributed by atoms with Crippen LogP contribution >= 0.6 is 0 Å². The average Bonchev–Trinajstić information content (AvgIpc) is 2.30. The Hall–Kier alpha value is -0.120. The summed E-state index contributed by atoms with van der Waals surface area (Å²) < 4.78 is 0. The van der Waals surface area contributed by atoms with E-state index in [2.05, 4.69) is 31.0 Å². The molecule has 0 saturated heterocycles. The van der Waals surface area contributed by atoms with E-state index >= 15 is 0 Å². The summed E-state index contributed by atoms with van der Waals surface area (Å²) in [6, 6.07) is 1.42. The highest BCUT2D eigenvalue weighted by atomic mass is 16.3. The molecule has 0 bridgehead atoms. The predicted molar refractivity (Wildman–Crippen MR) is 84.9 cm³/mol. The molecule has 2 aliphatic rings. The van der Waals surface area contributed by atoms with Gasteiger partial charge in [0, 0.05) is 25.2 Å². The van der Waals surface area contributed by atoms with Crippen LogP contribution in [0.1, 0.15) is 59.3 Å². The van der Waals surface area contributed by atoms with Gasteiger partial charge in [0.05, 0.1) is 6.61 Å². The molecule has 3 heteroatoms. The number of hydrogen-bond acceptors (Lipinski definition) is 3. The molecule has 2 N–H and O–H groups in total. The highest BCUT2D eigenvalue weighted by molar-refractivity contribution is 4.92. The summed E-state index contributed by atoms with van der Waals surface area (Å²) in [5, 5.41) is 13.1. The van der Waals surface area contributed by atoms with Gasteiger partial charge in [0.2, 0.25) is 0 Å². The summed E-state index contributed by atoms with van der Waals surface area (Å²) in [6.07, 6.45) is 8.01. The Balaban J connectivity index is 1.96. The van der Waals surface area contributed by atoms with Crippen LogP contribution in [0.4, 0.5) is 0 Å². The second-order valence-electron chi connectivity index (χ2n) is 7.63. The Labute approximate surface area is 125 Å². The van der Waals surface area contributed by atoms with E-state index < -0.39 is 0 Å². The molecule has 0 aromatic heterocycles. The molecule has 0 amide bonds. The van der Waals surface area contributed by atoms with Crippen LogP contribution in [-0.2, 0) is 0 Å². The van der Waals surface area contributed by atoms with Crippen LogP contribution in [0.3, 0.4) is 0 Å². The molecule has 2 unspecified atom stereocenters. The van der Waals surface area contributed by atoms with Gasteiger partial charge >= 0.3 is 0 Å². The first-order chi connectivity index (χ1) is 9.55. The third-order valence-electron chi connectivity index (χ3n) is 5.43. The van der Waals surface area contributed by atoms with Gasteiger partial charge in [-0.15, -0.1) is 0 Å². The van der Waals surface area contributed by atoms with Gasteiger partial charge in [-0.05, 0) is 50.0 Å². The lowest BCUT2D eigenvalue weighted by Crippen LogP contribution is -2.51. The first-order valence-corrected chi connectivity index (χ1v) is 8.64. The van der Waals surface area contributed by atoms with Crippen molar-refractivity contribution < 1.29 is 5.11 Å². The van der Waals surface area contributed by atoms with E-state index in [9.17, 15) is 5.11 Å². The van der Waals surface area contributed by atoms with Gasteiger partial charge in [-0.1, -0.05) is 27.2 Å². The molecule has 2 saturated carbocycles. The molecule has 2 fully saturated rings. The number of aliphatic hydroxyl groups is 1. The van der Waals surface area contributed by atoms with Crippen LogP contribution in [-0.4, -0.2) is 48.3 Å². The fraction of sp³-hybridized carbons (Fsp3) is 1.00. The van der Waals surface area contributed by atoms with E-state index in [1.165, 1.54) is 45.1 Å². The van der Waals surface area contributed by atoms with Gasteiger partial charge in [0.1, 0.15) is 0 Å². The summed E-state index contributed by atoms with van der Waals surface area (Å²) >= 11 is 0. The van der Waals surface area contributed by atoms with Gasteiger partial charge in [-0.3, -0.25) is 4.90 Å². The molecule has 2 atom stereocenters. The lowest BCUT2D eigenvalue weighted by Gasteiger charge is -2.46. The molecule has 2 rings (SSSR count). The molecule has 3 nitrogen and oxygen atoms in total. The minimum absolute atomic E-state index is 0.304. The summed E-state index contributed by atoms with van der Waals surface area (Å²) in [5.41, 5.74) is 0.487. The molecule has 0 aliphatic heterocycles. The van der Waals surface area contributed by atoms with E-state index in [-0.39, 0.29) is 0 Å². The standard InChI is InChI=1S/C17H34N2O/c1-4-18-16-8-9-17(2,3)12-14(16)13-19(10-11-20)15-6-5-7-15/h14-16,18,20H,4-13H2,1-3H3. The molecule has 0 aromatic carbocycles. The zero-order valence-electron chi connectivity index (χ0n) is 13.7. The second kappa shape index (κ2) is 7.24. The first-order valence-electron chi connectivity index (χ1n) is 8.64. The Morgan fingerprint density at radius 2 is 2.00 bits per heavy atom. The van der Waals surface area contributed by atoms with Crippen LogP contribution in [0.15, 0.2) is 0 Å². The molecule has 0 spiro atoms. The van der Waals surface area contributed by atoms with Crippen molar-refractivity contribution in [2.75, 3.05) is 26.2 Å². The Bertz CT molecular complexity index is 289. The summed E-state index contributed by atoms with van der Waals surface area (Å²) in [7, 11) is 0. The summed E-state index contributed by atoms with van der Waals surface area (Å²) in [5.74, 6) is 0.742. The number of nitrogens with zero attached hydrogens (tertiary/aromatic N) is 1. The molecule has 20 heavy (non-hydrogen) atoms. The van der Waals surface area contributed by atoms with Crippen molar-refractivity contribution in [1.82, 2.24) is 10.2 Å². The second-order valence-corrected chi connectivity index (χ2v) is 7.63. The van der Waals surface area contributed by atoms with Crippen molar-refractivity contribution in [1.29, 1.82) is 0 Å². The third kappa shape index (κ3) is 4.19. The maximum Gasteiger partial charge on any atom is 0.0558 e. The highest BCUT2D eigenvalue weighted by Gasteiger charge is 2.36. The zero-order valence-corrected chi connectivity index (χ0v) is 13.7. The van der Waals surface area contributed by atoms with Crippen molar-refractivity contribution in [3.05, 3.63) is 0 Å². The number of aliphatic hydroxyl groups excluding tert-OH is 1. The highest BCUT2D eigenvalue weighted by Crippen LogP contribution is 2.39. The summed E-state index contributed by atoms with van der Waals surface area (Å²) in [6.45, 7) is 10.5. The van der Waals surface area contributed by atoms with Crippen LogP contribution < -0.4 is 5.32 Å². The van der Waals surface area contributed by atoms with Crippen molar-refractivity contribution in [3.63, 3.8) is 0 Å². The normalized spacial score (nSPS) is 30.4. The first kappa shape index (κ1) is 16.3. The van der Waals surface area contributed by atoms with Crippen LogP contribution in [0, 0.1) is 11.3 Å². The molecule has 0 aromatic rings. The minimum atomic E-state index is 0.304. The van der Waals surface area contributed by atoms with Gasteiger partial charge in [0.25, 0.3) is 0 Å². The van der Waals surface area contributed by atoms with Gasteiger partial charge in [0.15, 0.2) is 0 Å². The van der Waals surface area contributed by atoms with E-state index in [1.54, 1.807) is 0 Å². The lowest BCUT2D eigenvalue weighted by molar-refractivity contribution is 0.0469. The smallest absolute Gasteiger partial charge is 0.0558 e. The maximum absolute atomic E-state index is 9.35. The predicted octanol–water partition coefficient (Wildman–Crippen LogP) is 2.64. The summed E-state index contributed by atoms with van der Waals surface area (Å²) in [4.78, 5) is 2.57. The van der Waals surface area contributed by atoms with Crippen LogP contribution in [0.2, 0.25) is 0 Å². The quantitative estimate of drug-likeness (QED) is 0.753. The van der Waals surface area contributed by atoms with E-state index in [0.717, 1.165) is 25.0 Å². The third-order valence-corrected chi connectivity index (χ3v) is 5.43. The molecular formula is C17H34N2O. The molecule has 2 aliphatic carbocycles. The molecule has 0 heterocycles. The monoisotopic (exact) mass is 282 g/mol. The van der Waals surface area contributed by atoms with Gasteiger partial charge in [-0.2, -0.15) is 0 Å². The van der Waals surface area contributed by atoms with E-state index in [1.807, 2.05) is 0 Å². The Morgan fingerprint density at radius 1 is 1.25 bits per heavy atom.